The summed E-state index contributed by atoms with van der Waals surface area (Å²) in [5.74, 6) is -2.16. The molecule has 0 unspecified atom stereocenters. The van der Waals surface area contributed by atoms with Gasteiger partial charge in [-0.1, -0.05) is 0 Å². The maximum Gasteiger partial charge on any atom is 0.254 e. The molecule has 1 aliphatic carbocycles. The van der Waals surface area contributed by atoms with E-state index in [0.717, 1.165) is 6.26 Å². The topological polar surface area (TPSA) is 75.3 Å². The molecule has 2 N–H and O–H groups in total. The highest BCUT2D eigenvalue weighted by molar-refractivity contribution is 7.88. The van der Waals surface area contributed by atoms with E-state index in [1.807, 2.05) is 0 Å². The summed E-state index contributed by atoms with van der Waals surface area (Å²) >= 11 is 0. The van der Waals surface area contributed by atoms with Gasteiger partial charge in [0.25, 0.3) is 5.91 Å². The van der Waals surface area contributed by atoms with Crippen LogP contribution in [0.3, 0.4) is 0 Å². The molecule has 0 aliphatic heterocycles. The van der Waals surface area contributed by atoms with Crippen LogP contribution in [-0.2, 0) is 10.0 Å². The number of halogens is 2. The lowest BCUT2D eigenvalue weighted by Crippen LogP contribution is -2.43. The van der Waals surface area contributed by atoms with Crippen molar-refractivity contribution in [3.8, 4) is 0 Å². The van der Waals surface area contributed by atoms with Gasteiger partial charge in [-0.05, 0) is 44.2 Å². The molecule has 5 nitrogen and oxygen atoms in total. The number of carbonyl (C=O) groups is 1. The maximum atomic E-state index is 13.7. The van der Waals surface area contributed by atoms with Crippen molar-refractivity contribution in [2.45, 2.75) is 44.7 Å². The van der Waals surface area contributed by atoms with Crippen molar-refractivity contribution in [3.63, 3.8) is 0 Å². The summed E-state index contributed by atoms with van der Waals surface area (Å²) in [5, 5.41) is 2.73. The lowest BCUT2D eigenvalue weighted by molar-refractivity contribution is 0.0921. The SMILES string of the molecule is Cc1cc(C(=O)NC2CCC(NS(C)(=O)=O)CC2)c(F)cc1F. The molecular formula is C15H20F2N2O3S. The van der Waals surface area contributed by atoms with Crippen molar-refractivity contribution in [1.29, 1.82) is 0 Å². The molecule has 1 fully saturated rings. The van der Waals surface area contributed by atoms with Gasteiger partial charge in [0.2, 0.25) is 10.0 Å². The highest BCUT2D eigenvalue weighted by atomic mass is 32.2. The fourth-order valence-electron chi connectivity index (χ4n) is 2.75. The number of sulfonamides is 1. The summed E-state index contributed by atoms with van der Waals surface area (Å²) in [4.78, 5) is 12.1. The zero-order valence-corrected chi connectivity index (χ0v) is 13.8. The number of rotatable bonds is 4. The smallest absolute Gasteiger partial charge is 0.254 e. The summed E-state index contributed by atoms with van der Waals surface area (Å²) in [6, 6.07) is 1.61. The zero-order chi connectivity index (χ0) is 17.2. The molecule has 23 heavy (non-hydrogen) atoms. The highest BCUT2D eigenvalue weighted by Gasteiger charge is 2.25. The van der Waals surface area contributed by atoms with E-state index in [4.69, 9.17) is 0 Å². The average molecular weight is 346 g/mol. The van der Waals surface area contributed by atoms with E-state index in [9.17, 15) is 22.0 Å². The Hall–Kier alpha value is -1.54. The molecule has 0 aromatic heterocycles. The molecule has 0 bridgehead atoms. The predicted octanol–water partition coefficient (Wildman–Crippen LogP) is 1.86. The van der Waals surface area contributed by atoms with Gasteiger partial charge in [0, 0.05) is 18.2 Å². The van der Waals surface area contributed by atoms with Crippen molar-refractivity contribution >= 4 is 15.9 Å². The number of hydrogen-bond acceptors (Lipinski definition) is 3. The molecule has 1 aromatic carbocycles. The van der Waals surface area contributed by atoms with Gasteiger partial charge in [-0.25, -0.2) is 21.9 Å². The lowest BCUT2D eigenvalue weighted by atomic mass is 9.91. The van der Waals surface area contributed by atoms with Crippen LogP contribution in [-0.4, -0.2) is 32.7 Å². The highest BCUT2D eigenvalue weighted by Crippen LogP contribution is 2.20. The van der Waals surface area contributed by atoms with Crippen LogP contribution in [0.4, 0.5) is 8.78 Å². The van der Waals surface area contributed by atoms with Crippen LogP contribution >= 0.6 is 0 Å². The monoisotopic (exact) mass is 346 g/mol. The molecule has 2 rings (SSSR count). The number of amides is 1. The molecule has 0 heterocycles. The minimum Gasteiger partial charge on any atom is -0.349 e. The van der Waals surface area contributed by atoms with Gasteiger partial charge in [0.15, 0.2) is 0 Å². The largest absolute Gasteiger partial charge is 0.349 e. The van der Waals surface area contributed by atoms with Gasteiger partial charge in [-0.3, -0.25) is 4.79 Å². The first kappa shape index (κ1) is 17.8. The van der Waals surface area contributed by atoms with E-state index < -0.39 is 27.6 Å². The Morgan fingerprint density at radius 1 is 1.09 bits per heavy atom. The Kier molecular flexibility index (Phi) is 5.36. The minimum absolute atomic E-state index is 0.136. The minimum atomic E-state index is -3.24. The summed E-state index contributed by atoms with van der Waals surface area (Å²) in [6.07, 6.45) is 3.51. The van der Waals surface area contributed by atoms with Crippen molar-refractivity contribution in [3.05, 3.63) is 34.9 Å². The number of benzene rings is 1. The molecule has 0 atom stereocenters. The van der Waals surface area contributed by atoms with E-state index >= 15 is 0 Å². The summed E-state index contributed by atoms with van der Waals surface area (Å²) in [5.41, 5.74) is 0.0258. The van der Waals surface area contributed by atoms with Crippen molar-refractivity contribution in [2.24, 2.45) is 0 Å². The number of hydrogen-bond donors (Lipinski definition) is 2. The van der Waals surface area contributed by atoms with Gasteiger partial charge in [-0.2, -0.15) is 0 Å². The zero-order valence-electron chi connectivity index (χ0n) is 13.0. The first-order valence-electron chi connectivity index (χ1n) is 7.39. The maximum absolute atomic E-state index is 13.7. The molecule has 1 aromatic rings. The third-order valence-electron chi connectivity index (χ3n) is 3.94. The van der Waals surface area contributed by atoms with E-state index in [2.05, 4.69) is 10.0 Å². The second kappa shape index (κ2) is 6.92. The van der Waals surface area contributed by atoms with Gasteiger partial charge in [-0.15, -0.1) is 0 Å². The lowest BCUT2D eigenvalue weighted by Gasteiger charge is -2.29. The van der Waals surface area contributed by atoms with Crippen LogP contribution in [0.1, 0.15) is 41.6 Å². The second-order valence-electron chi connectivity index (χ2n) is 5.99. The number of aryl methyl sites for hydroxylation is 1. The Bertz CT molecular complexity index is 699. The fourth-order valence-corrected chi connectivity index (χ4v) is 3.59. The first-order valence-corrected chi connectivity index (χ1v) is 9.28. The fraction of sp³-hybridized carbons (Fsp3) is 0.533. The molecule has 1 saturated carbocycles. The Morgan fingerprint density at radius 2 is 1.65 bits per heavy atom. The van der Waals surface area contributed by atoms with Gasteiger partial charge >= 0.3 is 0 Å². The summed E-state index contributed by atoms with van der Waals surface area (Å²) in [7, 11) is -3.24. The summed E-state index contributed by atoms with van der Waals surface area (Å²) in [6.45, 7) is 1.47. The molecule has 1 amide bonds. The van der Waals surface area contributed by atoms with Gasteiger partial charge in [0.1, 0.15) is 11.6 Å². The Labute approximate surface area is 134 Å². The Balaban J connectivity index is 1.94. The molecule has 0 spiro atoms. The first-order chi connectivity index (χ1) is 10.7. The van der Waals surface area contributed by atoms with E-state index in [-0.39, 0.29) is 23.2 Å². The Morgan fingerprint density at radius 3 is 2.22 bits per heavy atom. The van der Waals surface area contributed by atoms with Crippen LogP contribution < -0.4 is 10.0 Å². The van der Waals surface area contributed by atoms with Crippen molar-refractivity contribution in [2.75, 3.05) is 6.26 Å². The van der Waals surface area contributed by atoms with E-state index in [1.54, 1.807) is 0 Å². The van der Waals surface area contributed by atoms with Crippen LogP contribution in [0.5, 0.6) is 0 Å². The second-order valence-corrected chi connectivity index (χ2v) is 7.77. The van der Waals surface area contributed by atoms with Crippen LogP contribution in [0.2, 0.25) is 0 Å². The number of carbonyl (C=O) groups excluding carboxylic acids is 1. The third-order valence-corrected chi connectivity index (χ3v) is 4.70. The standard InChI is InChI=1S/C15H20F2N2O3S/c1-9-7-12(14(17)8-13(9)16)15(20)18-10-3-5-11(6-4-10)19-23(2,21)22/h7-8,10-11,19H,3-6H2,1-2H3,(H,18,20). The van der Waals surface area contributed by atoms with Crippen molar-refractivity contribution < 1.29 is 22.0 Å². The molecular weight excluding hydrogens is 326 g/mol. The molecule has 0 radical (unpaired) electrons. The average Bonchev–Trinajstić information content (AvgIpc) is 2.43. The van der Waals surface area contributed by atoms with E-state index in [1.165, 1.54) is 13.0 Å². The van der Waals surface area contributed by atoms with Gasteiger partial charge < -0.3 is 5.32 Å². The predicted molar refractivity (Wildman–Crippen MR) is 82.6 cm³/mol. The molecule has 1 aliphatic rings. The van der Waals surface area contributed by atoms with Crippen LogP contribution in [0.15, 0.2) is 12.1 Å². The number of nitrogens with one attached hydrogen (secondary N) is 2. The third kappa shape index (κ3) is 4.97. The van der Waals surface area contributed by atoms with Crippen LogP contribution in [0.25, 0.3) is 0 Å². The van der Waals surface area contributed by atoms with Crippen molar-refractivity contribution in [1.82, 2.24) is 10.0 Å². The normalized spacial score (nSPS) is 21.9. The van der Waals surface area contributed by atoms with Gasteiger partial charge in [0.05, 0.1) is 11.8 Å². The quantitative estimate of drug-likeness (QED) is 0.874. The molecule has 8 heteroatoms. The molecule has 0 saturated heterocycles. The molecule has 128 valence electrons. The van der Waals surface area contributed by atoms with E-state index in [0.29, 0.717) is 31.7 Å². The van der Waals surface area contributed by atoms with Crippen LogP contribution in [0, 0.1) is 18.6 Å². The summed E-state index contributed by atoms with van der Waals surface area (Å²) < 4.78 is 51.9.